The van der Waals surface area contributed by atoms with E-state index in [-0.39, 0.29) is 23.3 Å². The van der Waals surface area contributed by atoms with Gasteiger partial charge in [0.1, 0.15) is 5.82 Å². The Kier molecular flexibility index (Phi) is 7.45. The molecule has 134 valence electrons. The lowest BCUT2D eigenvalue weighted by atomic mass is 10.1. The van der Waals surface area contributed by atoms with Crippen molar-refractivity contribution in [2.75, 3.05) is 0 Å². The third-order valence-corrected chi connectivity index (χ3v) is 3.54. The molecular weight excluding hydrogens is 353 g/mol. The van der Waals surface area contributed by atoms with E-state index in [0.29, 0.717) is 12.0 Å². The van der Waals surface area contributed by atoms with Crippen molar-refractivity contribution in [2.24, 2.45) is 0 Å². The largest absolute Gasteiger partial charge is 0.298 e. The number of nitrogens with one attached hydrogen (secondary N) is 3. The van der Waals surface area contributed by atoms with Crippen molar-refractivity contribution in [3.63, 3.8) is 0 Å². The average Bonchev–Trinajstić information content (AvgIpc) is 2.65. The maximum absolute atomic E-state index is 12.8. The molecule has 2 rings (SSSR count). The lowest BCUT2D eigenvalue weighted by molar-refractivity contribution is -0.121. The number of aryl methyl sites for hydroxylation is 1. The zero-order valence-electron chi connectivity index (χ0n) is 13.9. The van der Waals surface area contributed by atoms with Crippen molar-refractivity contribution in [1.82, 2.24) is 16.2 Å². The summed E-state index contributed by atoms with van der Waals surface area (Å²) in [6.45, 7) is 0. The number of hydrogen-bond donors (Lipinski definition) is 3. The smallest absolute Gasteiger partial charge is 0.250 e. The van der Waals surface area contributed by atoms with Crippen LogP contribution in [0, 0.1) is 5.82 Å². The van der Waals surface area contributed by atoms with Crippen LogP contribution in [-0.2, 0) is 16.0 Å². The van der Waals surface area contributed by atoms with Crippen LogP contribution < -0.4 is 16.2 Å². The lowest BCUT2D eigenvalue weighted by Gasteiger charge is -2.09. The van der Waals surface area contributed by atoms with E-state index < -0.39 is 5.91 Å². The zero-order valence-corrected chi connectivity index (χ0v) is 14.7. The Bertz CT molecular complexity index is 792. The summed E-state index contributed by atoms with van der Waals surface area (Å²) in [7, 11) is 0. The molecule has 0 aliphatic carbocycles. The van der Waals surface area contributed by atoms with Crippen LogP contribution in [0.4, 0.5) is 4.39 Å². The van der Waals surface area contributed by atoms with E-state index in [2.05, 4.69) is 16.2 Å². The number of amides is 2. The van der Waals surface area contributed by atoms with Gasteiger partial charge in [-0.15, -0.1) is 0 Å². The van der Waals surface area contributed by atoms with Crippen LogP contribution in [0.15, 0.2) is 60.7 Å². The SMILES string of the molecule is O=C(C=Cc1ccc(F)cc1)NC(=S)NNC(=O)CCc1ccccc1. The molecular formula is C19H18FN3O2S. The molecule has 3 N–H and O–H groups in total. The lowest BCUT2D eigenvalue weighted by Crippen LogP contribution is -2.48. The zero-order chi connectivity index (χ0) is 18.8. The topological polar surface area (TPSA) is 70.2 Å². The van der Waals surface area contributed by atoms with Gasteiger partial charge in [0, 0.05) is 12.5 Å². The predicted molar refractivity (Wildman–Crippen MR) is 102 cm³/mol. The molecule has 0 aliphatic rings. The molecule has 0 saturated carbocycles. The van der Waals surface area contributed by atoms with E-state index in [4.69, 9.17) is 12.2 Å². The standard InChI is InChI=1S/C19H18FN3O2S/c20-16-10-6-15(7-11-16)8-12-17(24)21-19(26)23-22-18(25)13-9-14-4-2-1-3-5-14/h1-8,10-12H,9,13H2,(H,22,25)(H2,21,23,24,26). The van der Waals surface area contributed by atoms with Crippen molar-refractivity contribution in [1.29, 1.82) is 0 Å². The number of benzene rings is 2. The van der Waals surface area contributed by atoms with Gasteiger partial charge in [0.15, 0.2) is 5.11 Å². The molecule has 0 unspecified atom stereocenters. The minimum Gasteiger partial charge on any atom is -0.298 e. The highest BCUT2D eigenvalue weighted by molar-refractivity contribution is 7.80. The quantitative estimate of drug-likeness (QED) is 0.429. The molecule has 0 aliphatic heterocycles. The van der Waals surface area contributed by atoms with Crippen LogP contribution in [0.25, 0.3) is 6.08 Å². The number of hydrogen-bond acceptors (Lipinski definition) is 3. The first-order chi connectivity index (χ1) is 12.5. The van der Waals surface area contributed by atoms with Crippen LogP contribution in [0.3, 0.4) is 0 Å². The molecule has 0 radical (unpaired) electrons. The summed E-state index contributed by atoms with van der Waals surface area (Å²) in [5.41, 5.74) is 6.63. The fourth-order valence-corrected chi connectivity index (χ4v) is 2.17. The number of carbonyl (C=O) groups is 2. The second-order valence-corrected chi connectivity index (χ2v) is 5.77. The van der Waals surface area contributed by atoms with Crippen molar-refractivity contribution < 1.29 is 14.0 Å². The van der Waals surface area contributed by atoms with Crippen LogP contribution in [0.5, 0.6) is 0 Å². The Labute approximate surface area is 156 Å². The Morgan fingerprint density at radius 1 is 1.00 bits per heavy atom. The predicted octanol–water partition coefficient (Wildman–Crippen LogP) is 2.49. The van der Waals surface area contributed by atoms with Gasteiger partial charge in [0.25, 0.3) is 0 Å². The van der Waals surface area contributed by atoms with E-state index in [1.807, 2.05) is 30.3 Å². The second-order valence-electron chi connectivity index (χ2n) is 5.36. The molecule has 5 nitrogen and oxygen atoms in total. The number of rotatable bonds is 5. The summed E-state index contributed by atoms with van der Waals surface area (Å²) >= 11 is 4.93. The van der Waals surface area contributed by atoms with Gasteiger partial charge < -0.3 is 0 Å². The third kappa shape index (κ3) is 7.23. The summed E-state index contributed by atoms with van der Waals surface area (Å²) in [4.78, 5) is 23.5. The highest BCUT2D eigenvalue weighted by Crippen LogP contribution is 2.04. The first kappa shape index (κ1) is 19.3. The van der Waals surface area contributed by atoms with Crippen LogP contribution in [0.2, 0.25) is 0 Å². The van der Waals surface area contributed by atoms with Crippen molar-refractivity contribution in [3.8, 4) is 0 Å². The van der Waals surface area contributed by atoms with Gasteiger partial charge in [-0.25, -0.2) is 4.39 Å². The Balaban J connectivity index is 1.68. The first-order valence-corrected chi connectivity index (χ1v) is 8.31. The van der Waals surface area contributed by atoms with Gasteiger partial charge in [0.05, 0.1) is 0 Å². The highest BCUT2D eigenvalue weighted by atomic mass is 32.1. The van der Waals surface area contributed by atoms with Gasteiger partial charge in [-0.05, 0) is 48.0 Å². The fourth-order valence-electron chi connectivity index (χ4n) is 2.02. The highest BCUT2D eigenvalue weighted by Gasteiger charge is 2.04. The van der Waals surface area contributed by atoms with E-state index in [9.17, 15) is 14.0 Å². The van der Waals surface area contributed by atoms with Gasteiger partial charge in [-0.2, -0.15) is 0 Å². The van der Waals surface area contributed by atoms with Crippen LogP contribution >= 0.6 is 12.2 Å². The Hall–Kier alpha value is -3.06. The Morgan fingerprint density at radius 3 is 2.38 bits per heavy atom. The number of carbonyl (C=O) groups excluding carboxylic acids is 2. The monoisotopic (exact) mass is 371 g/mol. The minimum atomic E-state index is -0.467. The third-order valence-electron chi connectivity index (χ3n) is 3.33. The molecule has 0 spiro atoms. The van der Waals surface area contributed by atoms with E-state index in [1.165, 1.54) is 24.3 Å². The molecule has 0 bridgehead atoms. The van der Waals surface area contributed by atoms with Gasteiger partial charge in [0.2, 0.25) is 11.8 Å². The fraction of sp³-hybridized carbons (Fsp3) is 0.105. The van der Waals surface area contributed by atoms with Crippen molar-refractivity contribution in [2.45, 2.75) is 12.8 Å². The molecule has 2 aromatic rings. The maximum atomic E-state index is 12.8. The normalized spacial score (nSPS) is 10.3. The summed E-state index contributed by atoms with van der Waals surface area (Å²) in [5, 5.41) is 2.38. The average molecular weight is 371 g/mol. The summed E-state index contributed by atoms with van der Waals surface area (Å²) in [6.07, 6.45) is 3.68. The second kappa shape index (κ2) is 10.0. The first-order valence-electron chi connectivity index (χ1n) is 7.90. The number of thiocarbonyl (C=S) groups is 1. The molecule has 2 aromatic carbocycles. The molecule has 0 aromatic heterocycles. The summed E-state index contributed by atoms with van der Waals surface area (Å²) in [5.74, 6) is -1.06. The molecule has 0 heterocycles. The summed E-state index contributed by atoms with van der Waals surface area (Å²) in [6, 6.07) is 15.3. The van der Waals surface area contributed by atoms with Gasteiger partial charge in [-0.3, -0.25) is 25.8 Å². The Morgan fingerprint density at radius 2 is 1.69 bits per heavy atom. The number of hydrazine groups is 1. The molecule has 2 amide bonds. The van der Waals surface area contributed by atoms with Crippen molar-refractivity contribution >= 4 is 35.2 Å². The van der Waals surface area contributed by atoms with Crippen LogP contribution in [0.1, 0.15) is 17.5 Å². The molecule has 7 heteroatoms. The van der Waals surface area contributed by atoms with E-state index >= 15 is 0 Å². The van der Waals surface area contributed by atoms with Gasteiger partial charge >= 0.3 is 0 Å². The molecule has 0 atom stereocenters. The minimum absolute atomic E-state index is 0.0215. The molecule has 0 saturated heterocycles. The van der Waals surface area contributed by atoms with E-state index in [1.54, 1.807) is 12.1 Å². The maximum Gasteiger partial charge on any atom is 0.250 e. The van der Waals surface area contributed by atoms with Crippen molar-refractivity contribution in [3.05, 3.63) is 77.6 Å². The van der Waals surface area contributed by atoms with E-state index in [0.717, 1.165) is 5.56 Å². The van der Waals surface area contributed by atoms with Crippen LogP contribution in [-0.4, -0.2) is 16.9 Å². The molecule has 26 heavy (non-hydrogen) atoms. The number of halogens is 1. The molecule has 0 fully saturated rings. The van der Waals surface area contributed by atoms with Gasteiger partial charge in [-0.1, -0.05) is 42.5 Å². The summed E-state index contributed by atoms with van der Waals surface area (Å²) < 4.78 is 12.8.